The summed E-state index contributed by atoms with van der Waals surface area (Å²) in [6.07, 6.45) is 0.833. The summed E-state index contributed by atoms with van der Waals surface area (Å²) in [5, 5.41) is 7.60. The highest BCUT2D eigenvalue weighted by molar-refractivity contribution is 7.81. The molecule has 0 aliphatic carbocycles. The van der Waals surface area contributed by atoms with E-state index in [0.29, 0.717) is 6.54 Å². The fourth-order valence-corrected chi connectivity index (χ4v) is 1.14. The van der Waals surface area contributed by atoms with Crippen LogP contribution in [0.25, 0.3) is 0 Å². The van der Waals surface area contributed by atoms with E-state index in [2.05, 4.69) is 14.9 Å². The van der Waals surface area contributed by atoms with Gasteiger partial charge >= 0.3 is 16.4 Å². The van der Waals surface area contributed by atoms with Crippen LogP contribution in [0.1, 0.15) is 6.92 Å². The second-order valence-corrected chi connectivity index (χ2v) is 4.27. The zero-order valence-corrected chi connectivity index (χ0v) is 11.1. The van der Waals surface area contributed by atoms with Gasteiger partial charge in [-0.3, -0.25) is 0 Å². The molecule has 0 fully saturated rings. The second-order valence-electron chi connectivity index (χ2n) is 2.98. The number of carboxylic acids is 1. The maximum absolute atomic E-state index is 10.7. The van der Waals surface area contributed by atoms with E-state index in [4.69, 9.17) is 5.11 Å². The fraction of sp³-hybridized carbons (Fsp3) is 0.667. The molecule has 0 spiro atoms. The van der Waals surface area contributed by atoms with E-state index in [1.165, 1.54) is 0 Å². The van der Waals surface area contributed by atoms with Gasteiger partial charge in [-0.15, -0.1) is 0 Å². The van der Waals surface area contributed by atoms with Crippen molar-refractivity contribution in [3.05, 3.63) is 12.7 Å². The Kier molecular flexibility index (Phi) is 11.1. The molecule has 8 heteroatoms. The lowest BCUT2D eigenvalue weighted by molar-refractivity contribution is -0.131. The number of aliphatic carboxylic acids is 1. The zero-order valence-electron chi connectivity index (χ0n) is 10.2. The van der Waals surface area contributed by atoms with Gasteiger partial charge in [-0.1, -0.05) is 6.58 Å². The van der Waals surface area contributed by atoms with Gasteiger partial charge in [-0.05, 0) is 21.0 Å². The Bertz CT molecular complexity index is 311. The molecule has 0 aromatic rings. The Morgan fingerprint density at radius 3 is 2.18 bits per heavy atom. The topological polar surface area (TPSA) is 93.1 Å². The number of rotatable bonds is 7. The molecule has 0 rings (SSSR count). The van der Waals surface area contributed by atoms with Crippen molar-refractivity contribution in [2.24, 2.45) is 0 Å². The standard InChI is InChI=1S/C6H15NO4S.C3H4O2/c1-4-10-12(8,9)11-6-5-7(2)3;1-2-3(4)5/h4-6H2,1-3H3;2H,1H2,(H,4,5). The Labute approximate surface area is 102 Å². The lowest BCUT2D eigenvalue weighted by Gasteiger charge is -2.08. The molecule has 0 aliphatic rings. The monoisotopic (exact) mass is 269 g/mol. The Balaban J connectivity index is 0. The summed E-state index contributed by atoms with van der Waals surface area (Å²) in [7, 11) is -0.0939. The number of hydrogen-bond acceptors (Lipinski definition) is 6. The number of nitrogens with zero attached hydrogens (tertiary/aromatic N) is 1. The zero-order chi connectivity index (χ0) is 13.9. The smallest absolute Gasteiger partial charge is 0.399 e. The molecule has 0 unspecified atom stereocenters. The molecule has 0 saturated heterocycles. The van der Waals surface area contributed by atoms with Gasteiger partial charge in [0.15, 0.2) is 0 Å². The van der Waals surface area contributed by atoms with Crippen LogP contribution in [0.15, 0.2) is 12.7 Å². The molecule has 17 heavy (non-hydrogen) atoms. The summed E-state index contributed by atoms with van der Waals surface area (Å²) >= 11 is 0. The van der Waals surface area contributed by atoms with Crippen molar-refractivity contribution < 1.29 is 26.7 Å². The van der Waals surface area contributed by atoms with Crippen LogP contribution >= 0.6 is 0 Å². The van der Waals surface area contributed by atoms with E-state index in [1.54, 1.807) is 6.92 Å². The normalized spacial score (nSPS) is 10.6. The quantitative estimate of drug-likeness (QED) is 0.655. The molecule has 102 valence electrons. The van der Waals surface area contributed by atoms with Crippen molar-refractivity contribution in [2.75, 3.05) is 33.9 Å². The van der Waals surface area contributed by atoms with Gasteiger partial charge in [-0.25, -0.2) is 13.2 Å². The van der Waals surface area contributed by atoms with E-state index in [9.17, 15) is 13.2 Å². The average molecular weight is 269 g/mol. The first-order valence-electron chi connectivity index (χ1n) is 4.79. The minimum atomic E-state index is -3.75. The maximum atomic E-state index is 10.7. The third kappa shape index (κ3) is 17.6. The Morgan fingerprint density at radius 1 is 1.41 bits per heavy atom. The SMILES string of the molecule is C=CC(=O)O.CCOS(=O)(=O)OCCN(C)C. The third-order valence-electron chi connectivity index (χ3n) is 1.20. The van der Waals surface area contributed by atoms with Crippen LogP contribution in [0, 0.1) is 0 Å². The van der Waals surface area contributed by atoms with Crippen LogP contribution in [0.2, 0.25) is 0 Å². The molecular weight excluding hydrogens is 250 g/mol. The first-order chi connectivity index (χ1) is 7.75. The van der Waals surface area contributed by atoms with Crippen LogP contribution in [0.5, 0.6) is 0 Å². The predicted molar refractivity (Wildman–Crippen MR) is 62.9 cm³/mol. The second kappa shape index (κ2) is 10.2. The molecule has 7 nitrogen and oxygen atoms in total. The van der Waals surface area contributed by atoms with Gasteiger partial charge in [-0.2, -0.15) is 8.42 Å². The molecule has 0 amide bonds. The summed E-state index contributed by atoms with van der Waals surface area (Å²) in [6, 6.07) is 0. The molecule has 0 radical (unpaired) electrons. The molecule has 0 aromatic heterocycles. The van der Waals surface area contributed by atoms with E-state index >= 15 is 0 Å². The maximum Gasteiger partial charge on any atom is 0.399 e. The average Bonchev–Trinajstić information content (AvgIpc) is 2.17. The molecule has 1 N–H and O–H groups in total. The molecule has 0 heterocycles. The summed E-state index contributed by atoms with van der Waals surface area (Å²) in [4.78, 5) is 11.1. The van der Waals surface area contributed by atoms with Crippen molar-refractivity contribution in [3.63, 3.8) is 0 Å². The number of hydrogen-bond donors (Lipinski definition) is 1. The van der Waals surface area contributed by atoms with E-state index in [1.807, 2.05) is 19.0 Å². The molecule has 0 bridgehead atoms. The van der Waals surface area contributed by atoms with E-state index in [0.717, 1.165) is 6.08 Å². The minimum Gasteiger partial charge on any atom is -0.478 e. The van der Waals surface area contributed by atoms with Gasteiger partial charge in [0.2, 0.25) is 0 Å². The van der Waals surface area contributed by atoms with E-state index < -0.39 is 16.4 Å². The molecule has 0 aliphatic heterocycles. The number of carboxylic acid groups (broad SMARTS) is 1. The molecule has 0 aromatic carbocycles. The lowest BCUT2D eigenvalue weighted by atomic mass is 10.6. The highest BCUT2D eigenvalue weighted by Crippen LogP contribution is 1.94. The van der Waals surface area contributed by atoms with Gasteiger partial charge < -0.3 is 10.0 Å². The molecular formula is C9H19NO6S. The number of likely N-dealkylation sites (N-methyl/N-ethyl adjacent to an activating group) is 1. The van der Waals surface area contributed by atoms with Crippen molar-refractivity contribution in [1.29, 1.82) is 0 Å². The predicted octanol–water partition coefficient (Wildman–Crippen LogP) is 0.103. The highest BCUT2D eigenvalue weighted by atomic mass is 32.3. The third-order valence-corrected chi connectivity index (χ3v) is 2.18. The minimum absolute atomic E-state index is 0.101. The molecule has 0 saturated carbocycles. The van der Waals surface area contributed by atoms with Crippen molar-refractivity contribution in [3.8, 4) is 0 Å². The summed E-state index contributed by atoms with van der Waals surface area (Å²) in [5.74, 6) is -0.981. The van der Waals surface area contributed by atoms with E-state index in [-0.39, 0.29) is 13.2 Å². The summed E-state index contributed by atoms with van der Waals surface area (Å²) in [6.45, 7) is 5.32. The lowest BCUT2D eigenvalue weighted by Crippen LogP contribution is -2.21. The van der Waals surface area contributed by atoms with Crippen molar-refractivity contribution >= 4 is 16.4 Å². The fourth-order valence-electron chi connectivity index (χ4n) is 0.500. The van der Waals surface area contributed by atoms with Crippen LogP contribution < -0.4 is 0 Å². The van der Waals surface area contributed by atoms with Gasteiger partial charge in [0.1, 0.15) is 0 Å². The van der Waals surface area contributed by atoms with Crippen LogP contribution in [0.4, 0.5) is 0 Å². The highest BCUT2D eigenvalue weighted by Gasteiger charge is 2.09. The van der Waals surface area contributed by atoms with Crippen molar-refractivity contribution in [1.82, 2.24) is 4.90 Å². The van der Waals surface area contributed by atoms with Crippen LogP contribution in [-0.2, 0) is 23.6 Å². The summed E-state index contributed by atoms with van der Waals surface area (Å²) < 4.78 is 30.3. The first-order valence-corrected chi connectivity index (χ1v) is 6.12. The first kappa shape index (κ1) is 18.4. The Morgan fingerprint density at radius 2 is 1.88 bits per heavy atom. The van der Waals surface area contributed by atoms with Gasteiger partial charge in [0.25, 0.3) is 0 Å². The number of carbonyl (C=O) groups is 1. The van der Waals surface area contributed by atoms with Gasteiger partial charge in [0.05, 0.1) is 13.2 Å². The van der Waals surface area contributed by atoms with Crippen molar-refractivity contribution in [2.45, 2.75) is 6.92 Å². The van der Waals surface area contributed by atoms with Crippen LogP contribution in [0.3, 0.4) is 0 Å². The summed E-state index contributed by atoms with van der Waals surface area (Å²) in [5.41, 5.74) is 0. The van der Waals surface area contributed by atoms with Gasteiger partial charge in [0, 0.05) is 12.6 Å². The van der Waals surface area contributed by atoms with Crippen LogP contribution in [-0.4, -0.2) is 58.2 Å². The molecule has 0 atom stereocenters. The largest absolute Gasteiger partial charge is 0.478 e. The Hall–Kier alpha value is -0.960.